The summed E-state index contributed by atoms with van der Waals surface area (Å²) in [6.45, 7) is 0. The van der Waals surface area contributed by atoms with Crippen LogP contribution in [0.1, 0.15) is 46.7 Å². The first kappa shape index (κ1) is 33.5. The molecule has 0 aliphatic carbocycles. The van der Waals surface area contributed by atoms with Crippen molar-refractivity contribution in [2.75, 3.05) is 14.2 Å². The Morgan fingerprint density at radius 2 is 1.16 bits per heavy atom. The molecule has 0 unspecified atom stereocenters. The van der Waals surface area contributed by atoms with Crippen molar-refractivity contribution in [3.8, 4) is 22.5 Å². The van der Waals surface area contributed by atoms with E-state index in [1.165, 1.54) is 14.2 Å². The van der Waals surface area contributed by atoms with Gasteiger partial charge in [-0.25, -0.2) is 15.0 Å². The fraction of sp³-hybridized carbons (Fsp3) is 0.184. The monoisotopic (exact) mass is 700 g/mol. The van der Waals surface area contributed by atoms with Crippen molar-refractivity contribution in [2.24, 2.45) is 7.05 Å². The molecule has 0 radical (unpaired) electrons. The summed E-state index contributed by atoms with van der Waals surface area (Å²) in [6, 6.07) is 17.8. The molecule has 0 saturated heterocycles. The number of esters is 2. The van der Waals surface area contributed by atoms with Crippen molar-refractivity contribution < 1.29 is 38.5 Å². The Hall–Kier alpha value is -5.41. The molecule has 0 fully saturated rings. The molecule has 0 amide bonds. The van der Waals surface area contributed by atoms with E-state index in [1.807, 2.05) is 96.7 Å². The Bertz CT molecular complexity index is 2260. The fourth-order valence-corrected chi connectivity index (χ4v) is 6.11. The van der Waals surface area contributed by atoms with E-state index in [4.69, 9.17) is 29.4 Å². The van der Waals surface area contributed by atoms with Gasteiger partial charge in [0.1, 0.15) is 5.82 Å². The summed E-state index contributed by atoms with van der Waals surface area (Å²) in [6.07, 6.45) is 12.6. The van der Waals surface area contributed by atoms with Gasteiger partial charge in [0.2, 0.25) is 0 Å². The molecule has 49 heavy (non-hydrogen) atoms. The second-order valence-corrected chi connectivity index (χ2v) is 11.4. The van der Waals surface area contributed by atoms with Crippen LogP contribution in [0.3, 0.4) is 0 Å². The van der Waals surface area contributed by atoms with Crippen LogP contribution in [0.4, 0.5) is 0 Å². The Kier molecular flexibility index (Phi) is 9.83. The van der Waals surface area contributed by atoms with Crippen LogP contribution in [0.15, 0.2) is 67.0 Å². The third-order valence-electron chi connectivity index (χ3n) is 8.54. The third-order valence-corrected chi connectivity index (χ3v) is 8.54. The van der Waals surface area contributed by atoms with Crippen LogP contribution in [0.25, 0.3) is 68.9 Å². The van der Waals surface area contributed by atoms with Crippen molar-refractivity contribution in [1.29, 1.82) is 0 Å². The van der Waals surface area contributed by atoms with E-state index in [0.29, 0.717) is 52.3 Å². The minimum atomic E-state index is -0.314. The van der Waals surface area contributed by atoms with Crippen molar-refractivity contribution in [3.05, 3.63) is 101 Å². The van der Waals surface area contributed by atoms with E-state index in [2.05, 4.69) is 4.98 Å². The number of imidazole rings is 1. The summed E-state index contributed by atoms with van der Waals surface area (Å²) in [5, 5.41) is 0. The van der Waals surface area contributed by atoms with E-state index in [9.17, 15) is 9.59 Å². The van der Waals surface area contributed by atoms with Crippen molar-refractivity contribution in [1.82, 2.24) is 29.5 Å². The van der Waals surface area contributed by atoms with Gasteiger partial charge in [-0.1, -0.05) is 54.6 Å². The number of nitrogens with zero attached hydrogens (tertiary/aromatic N) is 6. The third kappa shape index (κ3) is 6.67. The van der Waals surface area contributed by atoms with E-state index < -0.39 is 0 Å². The van der Waals surface area contributed by atoms with Gasteiger partial charge in [-0.2, -0.15) is 0 Å². The number of hydrogen-bond acceptors (Lipinski definition) is 7. The van der Waals surface area contributed by atoms with Crippen LogP contribution in [0.2, 0.25) is 0 Å². The maximum absolute atomic E-state index is 12.3. The van der Waals surface area contributed by atoms with E-state index in [-0.39, 0.29) is 44.3 Å². The van der Waals surface area contributed by atoms with Gasteiger partial charge in [0.05, 0.1) is 37.0 Å². The number of carbonyl (C=O) groups excluding carboxylic acids is 2. The summed E-state index contributed by atoms with van der Waals surface area (Å²) < 4.78 is 11.9. The van der Waals surface area contributed by atoms with Crippen LogP contribution in [-0.4, -0.2) is 45.7 Å². The van der Waals surface area contributed by atoms with Gasteiger partial charge in [-0.3, -0.25) is 9.59 Å². The van der Waals surface area contributed by atoms with E-state index >= 15 is 0 Å². The SMILES string of the molecule is COC(=O)CCc1c2nc(c(-c3nccn3C)c3ccc([n-]3)c(CCC(=O)OC)c3nc(c(-c4ccccc4)c4ccc1[n-]4)C=C3)C=C2.[Zn+2]. The molecule has 0 saturated carbocycles. The molecule has 5 aromatic rings. The van der Waals surface area contributed by atoms with Gasteiger partial charge in [0.15, 0.2) is 0 Å². The number of hydrogen-bond donors (Lipinski definition) is 0. The zero-order valence-corrected chi connectivity index (χ0v) is 30.5. The van der Waals surface area contributed by atoms with Crippen LogP contribution >= 0.6 is 0 Å². The zero-order chi connectivity index (χ0) is 33.2. The van der Waals surface area contributed by atoms with Crippen LogP contribution in [0, 0.1) is 0 Å². The van der Waals surface area contributed by atoms with Gasteiger partial charge in [0, 0.05) is 37.8 Å². The Labute approximate surface area is 295 Å². The normalized spacial score (nSPS) is 11.7. The number of benzene rings is 1. The number of fused-ring (bicyclic) bond motifs is 8. The second-order valence-electron chi connectivity index (χ2n) is 11.4. The van der Waals surface area contributed by atoms with Gasteiger partial charge in [0.25, 0.3) is 0 Å². The quantitative estimate of drug-likeness (QED) is 0.135. The summed E-state index contributed by atoms with van der Waals surface area (Å²) in [4.78, 5) is 49.7. The fourth-order valence-electron chi connectivity index (χ4n) is 6.11. The first-order valence-electron chi connectivity index (χ1n) is 15.6. The minimum absolute atomic E-state index is 0. The average Bonchev–Trinajstić information content (AvgIpc) is 3.95. The Balaban J connectivity index is 0.00000417. The summed E-state index contributed by atoms with van der Waals surface area (Å²) in [7, 11) is 4.70. The largest absolute Gasteiger partial charge is 2.00 e. The van der Waals surface area contributed by atoms with Gasteiger partial charge < -0.3 is 24.0 Å². The van der Waals surface area contributed by atoms with Crippen LogP contribution < -0.4 is 9.97 Å². The second kappa shape index (κ2) is 14.4. The number of aryl methyl sites for hydroxylation is 3. The smallest absolute Gasteiger partial charge is 0.657 e. The molecular weight excluding hydrogens is 670 g/mol. The molecular formula is C38H32N6O4Zn. The van der Waals surface area contributed by atoms with E-state index in [0.717, 1.165) is 39.0 Å². The molecule has 4 aromatic heterocycles. The van der Waals surface area contributed by atoms with Crippen molar-refractivity contribution in [3.63, 3.8) is 0 Å². The molecule has 2 aliphatic rings. The number of methoxy groups -OCH3 is 2. The topological polar surface area (TPSA) is 124 Å². The number of rotatable bonds is 8. The van der Waals surface area contributed by atoms with Gasteiger partial charge in [-0.15, -0.1) is 22.1 Å². The summed E-state index contributed by atoms with van der Waals surface area (Å²) in [5.41, 5.74) is 9.86. The molecule has 6 heterocycles. The Morgan fingerprint density at radius 1 is 0.673 bits per heavy atom. The predicted molar refractivity (Wildman–Crippen MR) is 185 cm³/mol. The molecule has 0 atom stereocenters. The first-order chi connectivity index (χ1) is 23.4. The molecule has 240 valence electrons. The van der Waals surface area contributed by atoms with Crippen LogP contribution in [-0.2, 0) is 58.4 Å². The molecule has 0 N–H and O–H groups in total. The number of ether oxygens (including phenoxy) is 2. The van der Waals surface area contributed by atoms with Gasteiger partial charge in [-0.05, 0) is 59.4 Å². The minimum Gasteiger partial charge on any atom is -0.657 e. The summed E-state index contributed by atoms with van der Waals surface area (Å²) >= 11 is 0. The number of aromatic nitrogens is 6. The maximum atomic E-state index is 12.3. The van der Waals surface area contributed by atoms with E-state index in [1.54, 1.807) is 6.20 Å². The maximum Gasteiger partial charge on any atom is 2.00 e. The van der Waals surface area contributed by atoms with Gasteiger partial charge >= 0.3 is 31.4 Å². The molecule has 11 heteroatoms. The zero-order valence-electron chi connectivity index (χ0n) is 27.5. The Morgan fingerprint density at radius 3 is 1.67 bits per heavy atom. The number of carbonyl (C=O) groups is 2. The molecule has 8 bridgehead atoms. The molecule has 10 nitrogen and oxygen atoms in total. The van der Waals surface area contributed by atoms with Crippen LogP contribution in [0.5, 0.6) is 0 Å². The molecule has 0 spiro atoms. The summed E-state index contributed by atoms with van der Waals surface area (Å²) in [5.74, 6) is 0.0692. The van der Waals surface area contributed by atoms with Crippen molar-refractivity contribution in [2.45, 2.75) is 25.7 Å². The first-order valence-corrected chi connectivity index (χ1v) is 15.6. The average molecular weight is 702 g/mol. The molecule has 2 aliphatic heterocycles. The predicted octanol–water partition coefficient (Wildman–Crippen LogP) is 6.19. The van der Waals surface area contributed by atoms with Crippen molar-refractivity contribution >= 4 is 58.3 Å². The molecule has 7 rings (SSSR count). The molecule has 1 aromatic carbocycles. The standard InChI is InChI=1S/C38H32N6O4.Zn/c1-44-22-21-39-38(44)37-32-17-13-28(42-32)24(9-19-34(45)47-2)26-11-15-30(40-26)36(23-7-5-4-6-8-23)31-16-12-27(41-31)25(10-20-35(46)48-3)29-14-18-33(37)43-29;/h4-8,11-18,21-22H,9-10,19-20H2,1-3H3;/q-2;+2.